The zero-order valence-corrected chi connectivity index (χ0v) is 15.8. The smallest absolute Gasteiger partial charge is 0.119 e. The normalized spacial score (nSPS) is 42.8. The summed E-state index contributed by atoms with van der Waals surface area (Å²) in [7, 11) is 1.75. The van der Waals surface area contributed by atoms with Crippen LogP contribution in [0.1, 0.15) is 64.0 Å². The van der Waals surface area contributed by atoms with Gasteiger partial charge in [-0.1, -0.05) is 33.8 Å². The Balaban J connectivity index is 1.75. The van der Waals surface area contributed by atoms with E-state index < -0.39 is 0 Å². The molecule has 0 heterocycles. The molecule has 0 saturated heterocycles. The number of hydrogen-bond acceptors (Lipinski definition) is 2. The fourth-order valence-corrected chi connectivity index (χ4v) is 6.73. The lowest BCUT2D eigenvalue weighted by Gasteiger charge is -2.52. The van der Waals surface area contributed by atoms with Gasteiger partial charge in [0.25, 0.3) is 0 Å². The topological polar surface area (TPSA) is 29.5 Å². The van der Waals surface area contributed by atoms with E-state index in [1.807, 2.05) is 0 Å². The molecule has 3 aliphatic rings. The molecule has 1 aromatic rings. The van der Waals surface area contributed by atoms with Crippen LogP contribution in [-0.2, 0) is 6.42 Å². The highest BCUT2D eigenvalue weighted by Gasteiger charge is 2.61. The summed E-state index contributed by atoms with van der Waals surface area (Å²) >= 11 is 0. The largest absolute Gasteiger partial charge is 0.497 e. The van der Waals surface area contributed by atoms with Gasteiger partial charge < -0.3 is 9.84 Å². The molecular weight excluding hydrogens is 296 g/mol. The van der Waals surface area contributed by atoms with Crippen LogP contribution in [0.3, 0.4) is 0 Å². The molecule has 132 valence electrons. The first kappa shape index (κ1) is 16.4. The molecule has 1 N–H and O–H groups in total. The number of ether oxygens (including phenoxy) is 1. The average Bonchev–Trinajstić information content (AvgIpc) is 2.73. The molecule has 4 rings (SSSR count). The molecule has 0 radical (unpaired) electrons. The molecule has 0 amide bonds. The monoisotopic (exact) mass is 328 g/mol. The lowest BCUT2D eigenvalue weighted by molar-refractivity contribution is -0.0546. The molecule has 0 bridgehead atoms. The van der Waals surface area contributed by atoms with Crippen LogP contribution < -0.4 is 4.74 Å². The van der Waals surface area contributed by atoms with Crippen molar-refractivity contribution in [1.82, 2.24) is 0 Å². The summed E-state index contributed by atoms with van der Waals surface area (Å²) in [5.74, 6) is 3.68. The van der Waals surface area contributed by atoms with Gasteiger partial charge in [-0.2, -0.15) is 0 Å². The minimum atomic E-state index is -0.166. The van der Waals surface area contributed by atoms with Crippen LogP contribution in [0.15, 0.2) is 18.2 Å². The number of rotatable bonds is 1. The van der Waals surface area contributed by atoms with Crippen LogP contribution in [0.4, 0.5) is 0 Å². The molecule has 0 unspecified atom stereocenters. The number of aliphatic hydroxyl groups is 1. The SMILES string of the molecule is COc1ccc2c(c1)C[C@@H](C)[C@@H]1[C@@H]2CC[C@@]2(C)[C@@H]1CC(C)(C)[C@H]2O. The van der Waals surface area contributed by atoms with E-state index >= 15 is 0 Å². The summed E-state index contributed by atoms with van der Waals surface area (Å²) in [6.07, 6.45) is 4.52. The third-order valence-corrected chi connectivity index (χ3v) is 7.83. The van der Waals surface area contributed by atoms with Gasteiger partial charge in [-0.3, -0.25) is 0 Å². The predicted octanol–water partition coefficient (Wildman–Crippen LogP) is 4.79. The van der Waals surface area contributed by atoms with Crippen LogP contribution in [-0.4, -0.2) is 18.3 Å². The van der Waals surface area contributed by atoms with Crippen LogP contribution in [0.5, 0.6) is 5.75 Å². The van der Waals surface area contributed by atoms with Gasteiger partial charge in [-0.05, 0) is 83.4 Å². The molecule has 0 aromatic heterocycles. The Morgan fingerprint density at radius 2 is 1.96 bits per heavy atom. The Morgan fingerprint density at radius 3 is 2.67 bits per heavy atom. The summed E-state index contributed by atoms with van der Waals surface area (Å²) in [6, 6.07) is 6.70. The lowest BCUT2D eigenvalue weighted by atomic mass is 9.53. The molecule has 1 aromatic carbocycles. The van der Waals surface area contributed by atoms with Gasteiger partial charge >= 0.3 is 0 Å². The highest BCUT2D eigenvalue weighted by Crippen LogP contribution is 2.66. The van der Waals surface area contributed by atoms with Crippen molar-refractivity contribution in [2.24, 2.45) is 28.6 Å². The molecule has 24 heavy (non-hydrogen) atoms. The average molecular weight is 328 g/mol. The number of aliphatic hydroxyl groups excluding tert-OH is 1. The maximum Gasteiger partial charge on any atom is 0.119 e. The minimum absolute atomic E-state index is 0.0498. The van der Waals surface area contributed by atoms with Crippen molar-refractivity contribution in [3.8, 4) is 5.75 Å². The molecule has 6 atom stereocenters. The van der Waals surface area contributed by atoms with Gasteiger partial charge in [0.2, 0.25) is 0 Å². The number of fused-ring (bicyclic) bond motifs is 5. The minimum Gasteiger partial charge on any atom is -0.497 e. The highest BCUT2D eigenvalue weighted by molar-refractivity contribution is 5.41. The first-order chi connectivity index (χ1) is 11.3. The van der Waals surface area contributed by atoms with Gasteiger partial charge in [-0.15, -0.1) is 0 Å². The molecule has 2 heteroatoms. The van der Waals surface area contributed by atoms with E-state index in [9.17, 15) is 5.11 Å². The van der Waals surface area contributed by atoms with E-state index in [2.05, 4.69) is 45.9 Å². The van der Waals surface area contributed by atoms with Crippen molar-refractivity contribution >= 4 is 0 Å². The van der Waals surface area contributed by atoms with Gasteiger partial charge in [0.1, 0.15) is 5.75 Å². The van der Waals surface area contributed by atoms with Crippen molar-refractivity contribution in [2.75, 3.05) is 7.11 Å². The van der Waals surface area contributed by atoms with Crippen molar-refractivity contribution in [3.05, 3.63) is 29.3 Å². The standard InChI is InChI=1S/C22H32O2/c1-13-10-14-11-15(24-5)6-7-16(14)17-8-9-22(4)18(19(13)17)12-21(2,3)20(22)23/h6-7,11,13,17-20,23H,8-10,12H2,1-5H3/t13-,17-,18-,19-,20-,22+/m1/s1. The quantitative estimate of drug-likeness (QED) is 0.803. The van der Waals surface area contributed by atoms with Crippen LogP contribution in [0, 0.1) is 28.6 Å². The summed E-state index contributed by atoms with van der Waals surface area (Å²) in [5.41, 5.74) is 3.20. The number of methoxy groups -OCH3 is 1. The molecule has 2 fully saturated rings. The second-order valence-electron chi connectivity index (χ2n) is 9.68. The van der Waals surface area contributed by atoms with E-state index in [0.29, 0.717) is 23.7 Å². The van der Waals surface area contributed by atoms with Gasteiger partial charge in [0.15, 0.2) is 0 Å². The highest BCUT2D eigenvalue weighted by atomic mass is 16.5. The summed E-state index contributed by atoms with van der Waals surface area (Å²) < 4.78 is 5.45. The third kappa shape index (κ3) is 2.11. The number of hydrogen-bond donors (Lipinski definition) is 1. The molecule has 3 aliphatic carbocycles. The van der Waals surface area contributed by atoms with Gasteiger partial charge in [0.05, 0.1) is 13.2 Å². The first-order valence-electron chi connectivity index (χ1n) is 9.63. The Hall–Kier alpha value is -1.02. The van der Waals surface area contributed by atoms with E-state index in [-0.39, 0.29) is 16.9 Å². The maximum atomic E-state index is 11.0. The van der Waals surface area contributed by atoms with Crippen molar-refractivity contribution in [2.45, 2.75) is 65.4 Å². The molecule has 0 aliphatic heterocycles. The summed E-state index contributed by atoms with van der Waals surface area (Å²) in [4.78, 5) is 0. The number of benzene rings is 1. The van der Waals surface area contributed by atoms with Crippen molar-refractivity contribution < 1.29 is 9.84 Å². The van der Waals surface area contributed by atoms with Gasteiger partial charge in [0, 0.05) is 0 Å². The first-order valence-corrected chi connectivity index (χ1v) is 9.63. The maximum absolute atomic E-state index is 11.0. The molecule has 2 saturated carbocycles. The fourth-order valence-electron chi connectivity index (χ4n) is 6.73. The third-order valence-electron chi connectivity index (χ3n) is 7.83. The fraction of sp³-hybridized carbons (Fsp3) is 0.727. The van der Waals surface area contributed by atoms with Gasteiger partial charge in [-0.25, -0.2) is 0 Å². The lowest BCUT2D eigenvalue weighted by Crippen LogP contribution is -2.47. The van der Waals surface area contributed by atoms with E-state index in [4.69, 9.17) is 4.74 Å². The molecular formula is C22H32O2. The second-order valence-corrected chi connectivity index (χ2v) is 9.68. The Bertz CT molecular complexity index is 649. The summed E-state index contributed by atoms with van der Waals surface area (Å²) in [5, 5.41) is 11.0. The van der Waals surface area contributed by atoms with E-state index in [0.717, 1.165) is 18.6 Å². The molecule has 0 spiro atoms. The van der Waals surface area contributed by atoms with Crippen LogP contribution >= 0.6 is 0 Å². The second kappa shape index (κ2) is 5.24. The summed E-state index contributed by atoms with van der Waals surface area (Å²) in [6.45, 7) is 9.33. The van der Waals surface area contributed by atoms with E-state index in [1.165, 1.54) is 18.4 Å². The Morgan fingerprint density at radius 1 is 1.21 bits per heavy atom. The zero-order chi connectivity index (χ0) is 17.3. The van der Waals surface area contributed by atoms with Crippen molar-refractivity contribution in [1.29, 1.82) is 0 Å². The molecule has 2 nitrogen and oxygen atoms in total. The van der Waals surface area contributed by atoms with Crippen LogP contribution in [0.2, 0.25) is 0 Å². The predicted molar refractivity (Wildman–Crippen MR) is 97.3 cm³/mol. The van der Waals surface area contributed by atoms with E-state index in [1.54, 1.807) is 12.7 Å². The Labute approximate surface area is 146 Å². The zero-order valence-electron chi connectivity index (χ0n) is 15.8. The van der Waals surface area contributed by atoms with Crippen LogP contribution in [0.25, 0.3) is 0 Å². The Kier molecular flexibility index (Phi) is 3.59. The van der Waals surface area contributed by atoms with Crippen molar-refractivity contribution in [3.63, 3.8) is 0 Å².